The summed E-state index contributed by atoms with van der Waals surface area (Å²) in [5.74, 6) is -0.168. The maximum Gasteiger partial charge on any atom is 0.259 e. The van der Waals surface area contributed by atoms with Crippen LogP contribution in [0.5, 0.6) is 0 Å². The van der Waals surface area contributed by atoms with Crippen molar-refractivity contribution in [2.75, 3.05) is 13.1 Å². The van der Waals surface area contributed by atoms with Crippen molar-refractivity contribution >= 4 is 11.8 Å². The normalized spacial score (nSPS) is 24.3. The van der Waals surface area contributed by atoms with E-state index >= 15 is 0 Å². The molecule has 1 saturated heterocycles. The number of hydrogen-bond donors (Lipinski definition) is 1. The summed E-state index contributed by atoms with van der Waals surface area (Å²) < 4.78 is 14.9. The lowest BCUT2D eigenvalue weighted by Crippen LogP contribution is -2.45. The second kappa shape index (κ2) is 7.32. The third-order valence-electron chi connectivity index (χ3n) is 5.21. The molecule has 0 bridgehead atoms. The van der Waals surface area contributed by atoms with Gasteiger partial charge in [-0.1, -0.05) is 43.2 Å². The lowest BCUT2D eigenvalue weighted by molar-refractivity contribution is -0.135. The second-order valence-corrected chi connectivity index (χ2v) is 7.05. The highest BCUT2D eigenvalue weighted by atomic mass is 19.1. The molecule has 2 amide bonds. The number of carbonyl (C=O) groups is 2. The van der Waals surface area contributed by atoms with Gasteiger partial charge >= 0.3 is 0 Å². The first-order valence-corrected chi connectivity index (χ1v) is 8.86. The van der Waals surface area contributed by atoms with Gasteiger partial charge in [-0.25, -0.2) is 4.39 Å². The molecule has 2 aliphatic rings. The molecule has 2 fully saturated rings. The van der Waals surface area contributed by atoms with Crippen LogP contribution in [0, 0.1) is 5.92 Å². The van der Waals surface area contributed by atoms with Crippen molar-refractivity contribution in [2.45, 2.75) is 50.7 Å². The van der Waals surface area contributed by atoms with Crippen LogP contribution in [0.15, 0.2) is 30.3 Å². The van der Waals surface area contributed by atoms with Crippen molar-refractivity contribution in [3.8, 4) is 0 Å². The molecule has 0 aromatic heterocycles. The van der Waals surface area contributed by atoms with E-state index in [2.05, 4.69) is 5.32 Å². The number of rotatable bonds is 5. The minimum absolute atomic E-state index is 0.00251. The Hall–Kier alpha value is -1.91. The third-order valence-corrected chi connectivity index (χ3v) is 5.21. The molecular weight excluding hydrogens is 307 g/mol. The molecule has 1 aromatic carbocycles. The predicted molar refractivity (Wildman–Crippen MR) is 89.9 cm³/mol. The molecule has 1 atom stereocenters. The molecule has 5 heteroatoms. The summed E-state index contributed by atoms with van der Waals surface area (Å²) >= 11 is 0. The Balaban J connectivity index is 1.50. The summed E-state index contributed by atoms with van der Waals surface area (Å²) in [6, 6.07) is 9.43. The molecule has 3 rings (SSSR count). The van der Waals surface area contributed by atoms with Crippen LogP contribution in [0.3, 0.4) is 0 Å². The van der Waals surface area contributed by atoms with Crippen LogP contribution in [0.2, 0.25) is 0 Å². The fourth-order valence-corrected chi connectivity index (χ4v) is 3.70. The molecule has 1 heterocycles. The van der Waals surface area contributed by atoms with Gasteiger partial charge in [-0.15, -0.1) is 0 Å². The number of nitrogens with one attached hydrogen (secondary N) is 1. The van der Waals surface area contributed by atoms with Crippen molar-refractivity contribution < 1.29 is 14.0 Å². The summed E-state index contributed by atoms with van der Waals surface area (Å²) in [5, 5.41) is 2.66. The molecule has 4 nitrogen and oxygen atoms in total. The molecule has 1 aliphatic carbocycles. The molecule has 0 radical (unpaired) electrons. The van der Waals surface area contributed by atoms with Crippen molar-refractivity contribution in [2.24, 2.45) is 5.92 Å². The van der Waals surface area contributed by atoms with E-state index in [1.54, 1.807) is 0 Å². The SMILES string of the molecule is O=C(CC1CCCC1)N1CCC(F)(C(=O)NCc2ccccc2)C1. The Morgan fingerprint density at radius 1 is 1.21 bits per heavy atom. The van der Waals surface area contributed by atoms with Crippen molar-refractivity contribution in [1.82, 2.24) is 10.2 Å². The number of amides is 2. The Bertz CT molecular complexity index is 586. The number of alkyl halides is 1. The highest BCUT2D eigenvalue weighted by Gasteiger charge is 2.46. The van der Waals surface area contributed by atoms with Crippen LogP contribution in [0.1, 0.15) is 44.1 Å². The lowest BCUT2D eigenvalue weighted by Gasteiger charge is -2.21. The van der Waals surface area contributed by atoms with Gasteiger partial charge in [-0.2, -0.15) is 0 Å². The average molecular weight is 332 g/mol. The van der Waals surface area contributed by atoms with Crippen LogP contribution in [-0.4, -0.2) is 35.5 Å². The zero-order chi connectivity index (χ0) is 17.0. The van der Waals surface area contributed by atoms with Crippen molar-refractivity contribution in [3.05, 3.63) is 35.9 Å². The van der Waals surface area contributed by atoms with Gasteiger partial charge in [0, 0.05) is 25.9 Å². The minimum Gasteiger partial charge on any atom is -0.349 e. The minimum atomic E-state index is -1.96. The molecule has 130 valence electrons. The van der Waals surface area contributed by atoms with Crippen molar-refractivity contribution in [3.63, 3.8) is 0 Å². The Labute approximate surface area is 142 Å². The average Bonchev–Trinajstić information content (AvgIpc) is 3.24. The van der Waals surface area contributed by atoms with Gasteiger partial charge in [-0.3, -0.25) is 9.59 Å². The number of carbonyl (C=O) groups excluding carboxylic acids is 2. The smallest absolute Gasteiger partial charge is 0.259 e. The second-order valence-electron chi connectivity index (χ2n) is 7.05. The van der Waals surface area contributed by atoms with Gasteiger partial charge in [0.15, 0.2) is 0 Å². The quantitative estimate of drug-likeness (QED) is 0.901. The highest BCUT2D eigenvalue weighted by molar-refractivity contribution is 5.87. The van der Waals surface area contributed by atoms with Gasteiger partial charge in [0.1, 0.15) is 0 Å². The summed E-state index contributed by atoms with van der Waals surface area (Å²) in [6.45, 7) is 0.529. The van der Waals surface area contributed by atoms with Crippen LogP contribution >= 0.6 is 0 Å². The van der Waals surface area contributed by atoms with E-state index in [4.69, 9.17) is 0 Å². The zero-order valence-corrected chi connectivity index (χ0v) is 14.0. The first-order chi connectivity index (χ1) is 11.6. The molecular formula is C19H25FN2O2. The summed E-state index contributed by atoms with van der Waals surface area (Å²) in [7, 11) is 0. The van der Waals surface area contributed by atoms with Gasteiger partial charge in [-0.05, 0) is 24.3 Å². The van der Waals surface area contributed by atoms with E-state index in [-0.39, 0.29) is 18.9 Å². The third kappa shape index (κ3) is 3.94. The number of benzene rings is 1. The Kier molecular flexibility index (Phi) is 5.17. The predicted octanol–water partition coefficient (Wildman–Crippen LogP) is 2.82. The molecule has 1 N–H and O–H groups in total. The summed E-state index contributed by atoms with van der Waals surface area (Å²) in [4.78, 5) is 26.1. The van der Waals surface area contributed by atoms with Crippen LogP contribution in [0.4, 0.5) is 4.39 Å². The fourth-order valence-electron chi connectivity index (χ4n) is 3.70. The molecule has 0 spiro atoms. The molecule has 1 aliphatic heterocycles. The number of nitrogens with zero attached hydrogens (tertiary/aromatic N) is 1. The van der Waals surface area contributed by atoms with E-state index in [1.807, 2.05) is 30.3 Å². The molecule has 1 unspecified atom stereocenters. The van der Waals surface area contributed by atoms with Crippen LogP contribution in [0.25, 0.3) is 0 Å². The van der Waals surface area contributed by atoms with Gasteiger partial charge < -0.3 is 10.2 Å². The first-order valence-electron chi connectivity index (χ1n) is 8.86. The number of hydrogen-bond acceptors (Lipinski definition) is 2. The maximum absolute atomic E-state index is 14.9. The fraction of sp³-hybridized carbons (Fsp3) is 0.579. The highest BCUT2D eigenvalue weighted by Crippen LogP contribution is 2.31. The molecule has 1 aromatic rings. The monoisotopic (exact) mass is 332 g/mol. The summed E-state index contributed by atoms with van der Waals surface area (Å²) in [5.41, 5.74) is -1.03. The first kappa shape index (κ1) is 16.9. The van der Waals surface area contributed by atoms with Crippen LogP contribution < -0.4 is 5.32 Å². The topological polar surface area (TPSA) is 49.4 Å². The number of likely N-dealkylation sites (tertiary alicyclic amines) is 1. The standard InChI is InChI=1S/C19H25FN2O2/c20-19(18(24)21-13-16-8-2-1-3-9-16)10-11-22(14-19)17(23)12-15-6-4-5-7-15/h1-3,8-9,15H,4-7,10-14H2,(H,21,24). The summed E-state index contributed by atoms with van der Waals surface area (Å²) in [6.07, 6.45) is 5.15. The zero-order valence-electron chi connectivity index (χ0n) is 14.0. The Morgan fingerprint density at radius 2 is 1.92 bits per heavy atom. The van der Waals surface area contributed by atoms with E-state index in [9.17, 15) is 14.0 Å². The van der Waals surface area contributed by atoms with Crippen LogP contribution in [-0.2, 0) is 16.1 Å². The van der Waals surface area contributed by atoms with Gasteiger partial charge in [0.2, 0.25) is 11.6 Å². The van der Waals surface area contributed by atoms with E-state index in [0.717, 1.165) is 18.4 Å². The number of halogens is 1. The molecule has 24 heavy (non-hydrogen) atoms. The van der Waals surface area contributed by atoms with Gasteiger partial charge in [0.05, 0.1) is 6.54 Å². The Morgan fingerprint density at radius 3 is 2.62 bits per heavy atom. The van der Waals surface area contributed by atoms with E-state index in [0.29, 0.717) is 25.4 Å². The van der Waals surface area contributed by atoms with E-state index in [1.165, 1.54) is 17.7 Å². The largest absolute Gasteiger partial charge is 0.349 e. The lowest BCUT2D eigenvalue weighted by atomic mass is 10.0. The van der Waals surface area contributed by atoms with Gasteiger partial charge in [0.25, 0.3) is 5.91 Å². The molecule has 1 saturated carbocycles. The maximum atomic E-state index is 14.9. The van der Waals surface area contributed by atoms with Crippen molar-refractivity contribution in [1.29, 1.82) is 0 Å². The van der Waals surface area contributed by atoms with E-state index < -0.39 is 11.6 Å².